The molecule has 2 aromatic rings. The number of carbonyl (C=O) groups is 1. The lowest BCUT2D eigenvalue weighted by Crippen LogP contribution is -2.19. The summed E-state index contributed by atoms with van der Waals surface area (Å²) in [6, 6.07) is 4.53. The van der Waals surface area contributed by atoms with Gasteiger partial charge in [-0.2, -0.15) is 0 Å². The van der Waals surface area contributed by atoms with Gasteiger partial charge in [0.05, 0.1) is 18.7 Å². The lowest BCUT2D eigenvalue weighted by atomic mass is 10.1. The summed E-state index contributed by atoms with van der Waals surface area (Å²) in [5, 5.41) is 19.3. The minimum Gasteiger partial charge on any atom is -0.493 e. The van der Waals surface area contributed by atoms with Gasteiger partial charge in [-0.25, -0.2) is 4.79 Å². The Hall–Kier alpha value is -2.54. The molecule has 7 nitrogen and oxygen atoms in total. The van der Waals surface area contributed by atoms with E-state index in [0.29, 0.717) is 23.1 Å². The molecule has 1 aromatic carbocycles. The number of aromatic amines is 1. The van der Waals surface area contributed by atoms with E-state index in [9.17, 15) is 14.7 Å². The van der Waals surface area contributed by atoms with Crippen LogP contribution in [0.15, 0.2) is 23.0 Å². The second kappa shape index (κ2) is 7.15. The first kappa shape index (κ1) is 16.8. The summed E-state index contributed by atoms with van der Waals surface area (Å²) in [5.41, 5.74) is -0.736. The topological polar surface area (TPSA) is 109 Å². The summed E-state index contributed by atoms with van der Waals surface area (Å²) in [6.07, 6.45) is 0.771. The van der Waals surface area contributed by atoms with E-state index >= 15 is 0 Å². The Morgan fingerprint density at radius 2 is 2.13 bits per heavy atom. The quantitative estimate of drug-likeness (QED) is 0.717. The van der Waals surface area contributed by atoms with E-state index < -0.39 is 17.6 Å². The normalized spacial score (nSPS) is 12.1. The molecule has 0 fully saturated rings. The first-order chi connectivity index (χ1) is 11.0. The molecule has 1 heterocycles. The number of methoxy groups -OCH3 is 1. The van der Waals surface area contributed by atoms with E-state index in [4.69, 9.17) is 14.6 Å². The highest BCUT2D eigenvalue weighted by Crippen LogP contribution is 2.34. The fourth-order valence-corrected chi connectivity index (χ4v) is 2.29. The lowest BCUT2D eigenvalue weighted by molar-refractivity contribution is 0.0695. The third-order valence-corrected chi connectivity index (χ3v) is 3.43. The third kappa shape index (κ3) is 3.62. The average molecular weight is 321 g/mol. The molecule has 1 aromatic heterocycles. The van der Waals surface area contributed by atoms with Crippen molar-refractivity contribution in [2.24, 2.45) is 0 Å². The van der Waals surface area contributed by atoms with Crippen LogP contribution in [0, 0.1) is 0 Å². The van der Waals surface area contributed by atoms with Gasteiger partial charge in [0.2, 0.25) is 0 Å². The number of aliphatic hydroxyl groups is 1. The Balaban J connectivity index is 2.49. The van der Waals surface area contributed by atoms with Crippen molar-refractivity contribution in [1.82, 2.24) is 4.98 Å². The minimum absolute atomic E-state index is 0.0476. The van der Waals surface area contributed by atoms with Crippen molar-refractivity contribution in [3.05, 3.63) is 34.1 Å². The van der Waals surface area contributed by atoms with Gasteiger partial charge >= 0.3 is 5.97 Å². The number of benzene rings is 1. The maximum Gasteiger partial charge on any atom is 0.341 e. The molecule has 0 radical (unpaired) electrons. The van der Waals surface area contributed by atoms with Crippen LogP contribution in [-0.4, -0.2) is 41.0 Å². The molecule has 0 aliphatic heterocycles. The van der Waals surface area contributed by atoms with Crippen LogP contribution in [0.4, 0.5) is 0 Å². The summed E-state index contributed by atoms with van der Waals surface area (Å²) >= 11 is 0. The predicted molar refractivity (Wildman–Crippen MR) is 84.5 cm³/mol. The zero-order chi connectivity index (χ0) is 17.0. The average Bonchev–Trinajstić information content (AvgIpc) is 2.51. The molecule has 0 bridgehead atoms. The van der Waals surface area contributed by atoms with Gasteiger partial charge in [0.25, 0.3) is 5.56 Å². The van der Waals surface area contributed by atoms with Gasteiger partial charge in [-0.1, -0.05) is 13.3 Å². The second-order valence-electron chi connectivity index (χ2n) is 5.13. The zero-order valence-electron chi connectivity index (χ0n) is 13.0. The van der Waals surface area contributed by atoms with Crippen molar-refractivity contribution < 1.29 is 24.5 Å². The number of carboxylic acids is 1. The van der Waals surface area contributed by atoms with Crippen LogP contribution < -0.4 is 15.0 Å². The molecule has 23 heavy (non-hydrogen) atoms. The van der Waals surface area contributed by atoms with Crippen molar-refractivity contribution in [3.63, 3.8) is 0 Å². The monoisotopic (exact) mass is 321 g/mol. The van der Waals surface area contributed by atoms with Crippen molar-refractivity contribution in [2.45, 2.75) is 25.9 Å². The number of ether oxygens (including phenoxy) is 2. The van der Waals surface area contributed by atoms with Gasteiger partial charge in [0.1, 0.15) is 12.2 Å². The van der Waals surface area contributed by atoms with Crippen LogP contribution >= 0.6 is 0 Å². The van der Waals surface area contributed by atoms with Crippen molar-refractivity contribution in [2.75, 3.05) is 13.7 Å². The Kier molecular flexibility index (Phi) is 5.23. The fraction of sp³-hybridized carbons (Fsp3) is 0.375. The molecular weight excluding hydrogens is 302 g/mol. The van der Waals surface area contributed by atoms with E-state index in [-0.39, 0.29) is 17.9 Å². The smallest absolute Gasteiger partial charge is 0.341 e. The van der Waals surface area contributed by atoms with Gasteiger partial charge in [-0.15, -0.1) is 0 Å². The van der Waals surface area contributed by atoms with Crippen molar-refractivity contribution in [1.29, 1.82) is 0 Å². The molecule has 0 saturated carbocycles. The molecule has 3 N–H and O–H groups in total. The predicted octanol–water partition coefficient (Wildman–Crippen LogP) is 1.77. The summed E-state index contributed by atoms with van der Waals surface area (Å²) in [7, 11) is 1.46. The lowest BCUT2D eigenvalue weighted by Gasteiger charge is -2.16. The Bertz CT molecular complexity index is 767. The molecule has 2 rings (SSSR count). The fourth-order valence-electron chi connectivity index (χ4n) is 2.29. The molecule has 0 spiro atoms. The van der Waals surface area contributed by atoms with Crippen LogP contribution in [0.1, 0.15) is 30.1 Å². The standard InChI is InChI=1S/C16H19NO6/c1-3-4-10(18)8-23-14-12(22-2)6-5-9-7-11(16(20)21)15(19)17-13(9)14/h5-7,10,18H,3-4,8H2,1-2H3,(H,17,19)(H,20,21). The number of aromatic nitrogens is 1. The molecule has 124 valence electrons. The van der Waals surface area contributed by atoms with Crippen LogP contribution in [0.2, 0.25) is 0 Å². The van der Waals surface area contributed by atoms with E-state index in [2.05, 4.69) is 4.98 Å². The van der Waals surface area contributed by atoms with Gasteiger partial charge in [0.15, 0.2) is 11.5 Å². The van der Waals surface area contributed by atoms with E-state index in [1.54, 1.807) is 12.1 Å². The van der Waals surface area contributed by atoms with Crippen LogP contribution in [0.5, 0.6) is 11.5 Å². The summed E-state index contributed by atoms with van der Waals surface area (Å²) in [6.45, 7) is 2.00. The highest BCUT2D eigenvalue weighted by Gasteiger charge is 2.16. The van der Waals surface area contributed by atoms with E-state index in [1.807, 2.05) is 6.92 Å². The Morgan fingerprint density at radius 1 is 1.39 bits per heavy atom. The number of rotatable bonds is 7. The number of aliphatic hydroxyl groups excluding tert-OH is 1. The van der Waals surface area contributed by atoms with E-state index in [0.717, 1.165) is 6.42 Å². The Morgan fingerprint density at radius 3 is 2.74 bits per heavy atom. The number of H-pyrrole nitrogens is 1. The number of hydrogen-bond acceptors (Lipinski definition) is 5. The van der Waals surface area contributed by atoms with Gasteiger partial charge in [-0.05, 0) is 24.6 Å². The molecule has 0 aliphatic carbocycles. The van der Waals surface area contributed by atoms with Crippen molar-refractivity contribution in [3.8, 4) is 11.5 Å². The Labute approximate surface area is 132 Å². The van der Waals surface area contributed by atoms with Crippen LogP contribution in [-0.2, 0) is 0 Å². The van der Waals surface area contributed by atoms with Gasteiger partial charge in [-0.3, -0.25) is 4.79 Å². The maximum absolute atomic E-state index is 11.9. The first-order valence-electron chi connectivity index (χ1n) is 7.26. The minimum atomic E-state index is -1.30. The SMILES string of the molecule is CCCC(O)COc1c(OC)ccc2cc(C(=O)O)c(=O)[nH]c12. The number of hydrogen-bond donors (Lipinski definition) is 3. The maximum atomic E-state index is 11.9. The van der Waals surface area contributed by atoms with E-state index in [1.165, 1.54) is 13.2 Å². The summed E-state index contributed by atoms with van der Waals surface area (Å²) < 4.78 is 10.8. The number of fused-ring (bicyclic) bond motifs is 1. The molecule has 1 unspecified atom stereocenters. The summed E-state index contributed by atoms with van der Waals surface area (Å²) in [5.74, 6) is -0.640. The second-order valence-corrected chi connectivity index (χ2v) is 5.13. The molecule has 7 heteroatoms. The molecule has 0 aliphatic rings. The summed E-state index contributed by atoms with van der Waals surface area (Å²) in [4.78, 5) is 25.5. The number of pyridine rings is 1. The zero-order valence-corrected chi connectivity index (χ0v) is 13.0. The first-order valence-corrected chi connectivity index (χ1v) is 7.26. The highest BCUT2D eigenvalue weighted by atomic mass is 16.5. The van der Waals surface area contributed by atoms with Crippen LogP contribution in [0.25, 0.3) is 10.9 Å². The molecule has 0 saturated heterocycles. The van der Waals surface area contributed by atoms with Crippen molar-refractivity contribution >= 4 is 16.9 Å². The molecular formula is C16H19NO6. The third-order valence-electron chi connectivity index (χ3n) is 3.43. The van der Waals surface area contributed by atoms with Gasteiger partial charge in [0, 0.05) is 5.39 Å². The molecule has 0 amide bonds. The number of nitrogens with one attached hydrogen (secondary N) is 1. The van der Waals surface area contributed by atoms with Gasteiger partial charge < -0.3 is 24.7 Å². The van der Waals surface area contributed by atoms with Crippen LogP contribution in [0.3, 0.4) is 0 Å². The molecule has 1 atom stereocenters. The largest absolute Gasteiger partial charge is 0.493 e. The highest BCUT2D eigenvalue weighted by molar-refractivity contribution is 5.94. The number of aromatic carboxylic acids is 1. The number of carboxylic acid groups (broad SMARTS) is 1.